The molecule has 1 unspecified atom stereocenters. The molecule has 0 fully saturated rings. The zero-order valence-electron chi connectivity index (χ0n) is 14.2. The normalized spacial score (nSPS) is 18.9. The van der Waals surface area contributed by atoms with Crippen LogP contribution in [0.5, 0.6) is 0 Å². The van der Waals surface area contributed by atoms with Crippen molar-refractivity contribution >= 4 is 11.6 Å². The lowest BCUT2D eigenvalue weighted by atomic mass is 9.93. The highest BCUT2D eigenvalue weighted by atomic mass is 19.4. The number of aryl methyl sites for hydroxylation is 1. The van der Waals surface area contributed by atoms with Gasteiger partial charge in [0, 0.05) is 24.5 Å². The number of halogens is 3. The molecule has 0 bridgehead atoms. The van der Waals surface area contributed by atoms with Crippen LogP contribution in [-0.2, 0) is 23.6 Å². The quantitative estimate of drug-likeness (QED) is 0.887. The SMILES string of the molecule is CC1OC(C)(C)c2cccc(NC(=O)c3cn(C)nc3C(F)(F)F)c21. The van der Waals surface area contributed by atoms with E-state index in [1.165, 1.54) is 7.05 Å². The molecule has 0 saturated carbocycles. The molecule has 0 saturated heterocycles. The van der Waals surface area contributed by atoms with Crippen LogP contribution in [0.2, 0.25) is 0 Å². The van der Waals surface area contributed by atoms with Gasteiger partial charge in [-0.3, -0.25) is 9.48 Å². The van der Waals surface area contributed by atoms with Gasteiger partial charge in [-0.25, -0.2) is 0 Å². The fourth-order valence-corrected chi connectivity index (χ4v) is 3.26. The summed E-state index contributed by atoms with van der Waals surface area (Å²) in [5.74, 6) is -0.856. The number of fused-ring (bicyclic) bond motifs is 1. The molecule has 1 aromatic carbocycles. The zero-order chi connectivity index (χ0) is 18.6. The number of nitrogens with one attached hydrogen (secondary N) is 1. The van der Waals surface area contributed by atoms with E-state index in [2.05, 4.69) is 10.4 Å². The molecule has 1 atom stereocenters. The van der Waals surface area contributed by atoms with E-state index in [1.54, 1.807) is 12.1 Å². The molecule has 134 valence electrons. The fraction of sp³-hybridized carbons (Fsp3) is 0.412. The molecule has 2 heterocycles. The van der Waals surface area contributed by atoms with Crippen molar-refractivity contribution in [2.75, 3.05) is 5.32 Å². The van der Waals surface area contributed by atoms with E-state index in [0.29, 0.717) is 5.69 Å². The van der Waals surface area contributed by atoms with Crippen LogP contribution in [0.4, 0.5) is 18.9 Å². The van der Waals surface area contributed by atoms with Gasteiger partial charge in [0.2, 0.25) is 0 Å². The molecule has 1 amide bonds. The summed E-state index contributed by atoms with van der Waals surface area (Å²) in [6, 6.07) is 5.28. The lowest BCUT2D eigenvalue weighted by Gasteiger charge is -2.19. The van der Waals surface area contributed by atoms with Gasteiger partial charge < -0.3 is 10.1 Å². The van der Waals surface area contributed by atoms with Crippen molar-refractivity contribution < 1.29 is 22.7 Å². The number of ether oxygens (including phenoxy) is 1. The van der Waals surface area contributed by atoms with E-state index in [-0.39, 0.29) is 6.10 Å². The van der Waals surface area contributed by atoms with Crippen molar-refractivity contribution in [1.82, 2.24) is 9.78 Å². The molecule has 5 nitrogen and oxygen atoms in total. The van der Waals surface area contributed by atoms with E-state index in [4.69, 9.17) is 4.74 Å². The Morgan fingerprint density at radius 3 is 2.68 bits per heavy atom. The van der Waals surface area contributed by atoms with Crippen molar-refractivity contribution in [2.24, 2.45) is 7.05 Å². The van der Waals surface area contributed by atoms with Crippen LogP contribution in [0.1, 0.15) is 54.1 Å². The molecule has 1 N–H and O–H groups in total. The van der Waals surface area contributed by atoms with E-state index in [1.807, 2.05) is 26.8 Å². The average molecular weight is 353 g/mol. The summed E-state index contributed by atoms with van der Waals surface area (Å²) in [7, 11) is 1.34. The van der Waals surface area contributed by atoms with Gasteiger partial charge in [0.1, 0.15) is 0 Å². The third-order valence-electron chi connectivity index (χ3n) is 4.22. The molecule has 2 aromatic rings. The third kappa shape index (κ3) is 3.02. The number of hydrogen-bond acceptors (Lipinski definition) is 3. The molecule has 1 aliphatic rings. The Bertz CT molecular complexity index is 840. The third-order valence-corrected chi connectivity index (χ3v) is 4.22. The van der Waals surface area contributed by atoms with Gasteiger partial charge in [-0.2, -0.15) is 18.3 Å². The number of rotatable bonds is 2. The topological polar surface area (TPSA) is 56.1 Å². The number of hydrogen-bond donors (Lipinski definition) is 1. The lowest BCUT2D eigenvalue weighted by molar-refractivity contribution is -0.141. The minimum Gasteiger partial charge on any atom is -0.363 e. The van der Waals surface area contributed by atoms with Crippen molar-refractivity contribution in [3.05, 3.63) is 46.8 Å². The maximum atomic E-state index is 13.1. The lowest BCUT2D eigenvalue weighted by Crippen LogP contribution is -2.19. The van der Waals surface area contributed by atoms with Gasteiger partial charge in [-0.05, 0) is 32.4 Å². The second kappa shape index (κ2) is 5.59. The van der Waals surface area contributed by atoms with Crippen LogP contribution in [0.25, 0.3) is 0 Å². The monoisotopic (exact) mass is 353 g/mol. The predicted molar refractivity (Wildman–Crippen MR) is 85.1 cm³/mol. The summed E-state index contributed by atoms with van der Waals surface area (Å²) in [5, 5.41) is 5.94. The second-order valence-corrected chi connectivity index (χ2v) is 6.55. The average Bonchev–Trinajstić information content (AvgIpc) is 2.98. The van der Waals surface area contributed by atoms with Crippen LogP contribution in [0, 0.1) is 0 Å². The highest BCUT2D eigenvalue weighted by Gasteiger charge is 2.40. The van der Waals surface area contributed by atoms with Crippen molar-refractivity contribution in [3.8, 4) is 0 Å². The summed E-state index contributed by atoms with van der Waals surface area (Å²) in [5.41, 5.74) is -0.125. The van der Waals surface area contributed by atoms with Gasteiger partial charge in [-0.1, -0.05) is 12.1 Å². The van der Waals surface area contributed by atoms with E-state index in [9.17, 15) is 18.0 Å². The number of amides is 1. The number of carbonyl (C=O) groups excluding carboxylic acids is 1. The Kier molecular flexibility index (Phi) is 3.90. The van der Waals surface area contributed by atoms with Crippen molar-refractivity contribution in [1.29, 1.82) is 0 Å². The van der Waals surface area contributed by atoms with Crippen LogP contribution in [0.3, 0.4) is 0 Å². The largest absolute Gasteiger partial charge is 0.435 e. The molecule has 25 heavy (non-hydrogen) atoms. The number of alkyl halides is 3. The smallest absolute Gasteiger partial charge is 0.363 e. The maximum absolute atomic E-state index is 13.1. The Morgan fingerprint density at radius 1 is 1.36 bits per heavy atom. The molecule has 0 radical (unpaired) electrons. The Morgan fingerprint density at radius 2 is 2.04 bits per heavy atom. The first-order valence-electron chi connectivity index (χ1n) is 7.74. The molecule has 8 heteroatoms. The molecular weight excluding hydrogens is 335 g/mol. The first kappa shape index (κ1) is 17.5. The highest BCUT2D eigenvalue weighted by Crippen LogP contribution is 2.46. The first-order chi connectivity index (χ1) is 11.5. The number of benzene rings is 1. The van der Waals surface area contributed by atoms with E-state index < -0.39 is 28.9 Å². The molecule has 0 aliphatic carbocycles. The van der Waals surface area contributed by atoms with Gasteiger partial charge in [0.05, 0.1) is 17.3 Å². The maximum Gasteiger partial charge on any atom is 0.435 e. The molecule has 1 aromatic heterocycles. The number of anilines is 1. The first-order valence-corrected chi connectivity index (χ1v) is 7.74. The molecule has 0 spiro atoms. The Balaban J connectivity index is 1.98. The predicted octanol–water partition coefficient (Wildman–Crippen LogP) is 4.02. The van der Waals surface area contributed by atoms with E-state index >= 15 is 0 Å². The van der Waals surface area contributed by atoms with Crippen LogP contribution in [-0.4, -0.2) is 15.7 Å². The van der Waals surface area contributed by atoms with Gasteiger partial charge in [-0.15, -0.1) is 0 Å². The summed E-state index contributed by atoms with van der Waals surface area (Å²) in [6.07, 6.45) is -3.92. The Hall–Kier alpha value is -2.35. The minimum absolute atomic E-state index is 0.280. The molecular formula is C17H18F3N3O2. The van der Waals surface area contributed by atoms with Gasteiger partial charge in [0.25, 0.3) is 5.91 Å². The summed E-state index contributed by atoms with van der Waals surface area (Å²) >= 11 is 0. The molecule has 3 rings (SSSR count). The highest BCUT2D eigenvalue weighted by molar-refractivity contribution is 6.05. The molecule has 1 aliphatic heterocycles. The van der Waals surface area contributed by atoms with Gasteiger partial charge >= 0.3 is 6.18 Å². The van der Waals surface area contributed by atoms with Crippen LogP contribution < -0.4 is 5.32 Å². The van der Waals surface area contributed by atoms with E-state index in [0.717, 1.165) is 22.0 Å². The summed E-state index contributed by atoms with van der Waals surface area (Å²) < 4.78 is 46.1. The number of aromatic nitrogens is 2. The van der Waals surface area contributed by atoms with Crippen molar-refractivity contribution in [2.45, 2.75) is 38.7 Å². The zero-order valence-corrected chi connectivity index (χ0v) is 14.2. The summed E-state index contributed by atoms with van der Waals surface area (Å²) in [6.45, 7) is 5.65. The fourth-order valence-electron chi connectivity index (χ4n) is 3.26. The minimum atomic E-state index is -4.70. The number of carbonyl (C=O) groups is 1. The standard InChI is InChI=1S/C17H18F3N3O2/c1-9-13-11(16(2,3)25-9)6-5-7-12(13)21-15(24)10-8-23(4)22-14(10)17(18,19)20/h5-9H,1-4H3,(H,21,24). The van der Waals surface area contributed by atoms with Crippen LogP contribution in [0.15, 0.2) is 24.4 Å². The van der Waals surface area contributed by atoms with Crippen molar-refractivity contribution in [3.63, 3.8) is 0 Å². The van der Waals surface area contributed by atoms with Crippen LogP contribution >= 0.6 is 0 Å². The van der Waals surface area contributed by atoms with Gasteiger partial charge in [0.15, 0.2) is 5.69 Å². The second-order valence-electron chi connectivity index (χ2n) is 6.55. The number of nitrogens with zero attached hydrogens (tertiary/aromatic N) is 2. The summed E-state index contributed by atoms with van der Waals surface area (Å²) in [4.78, 5) is 12.5. The Labute approximate surface area is 142 Å².